The van der Waals surface area contributed by atoms with E-state index in [1.807, 2.05) is 24.3 Å². The summed E-state index contributed by atoms with van der Waals surface area (Å²) < 4.78 is 7.14. The number of methoxy groups -OCH3 is 1. The molecular weight excluding hydrogens is 497 g/mol. The highest BCUT2D eigenvalue weighted by molar-refractivity contribution is 14.1. The van der Waals surface area contributed by atoms with Gasteiger partial charge in [-0.2, -0.15) is 0 Å². The Labute approximate surface area is 168 Å². The number of carbonyl (C=O) groups is 1. The molecule has 25 heavy (non-hydrogen) atoms. The Morgan fingerprint density at radius 1 is 1.36 bits per heavy atom. The number of hydrogen-bond acceptors (Lipinski definition) is 4. The minimum Gasteiger partial charge on any atom is -0.453 e. The molecule has 0 unspecified atom stereocenters. The van der Waals surface area contributed by atoms with Gasteiger partial charge in [-0.15, -0.1) is 0 Å². The molecule has 0 saturated carbocycles. The molecule has 2 aromatic carbocycles. The predicted molar refractivity (Wildman–Crippen MR) is 110 cm³/mol. The van der Waals surface area contributed by atoms with Crippen LogP contribution in [0.2, 0.25) is 0 Å². The lowest BCUT2D eigenvalue weighted by atomic mass is 9.88. The molecule has 2 N–H and O–H groups in total. The third kappa shape index (κ3) is 2.59. The number of fused-ring (bicyclic) bond motifs is 3. The van der Waals surface area contributed by atoms with Crippen LogP contribution in [0.3, 0.4) is 0 Å². The molecule has 7 heteroatoms. The molecule has 0 radical (unpaired) electrons. The van der Waals surface area contributed by atoms with Crippen LogP contribution in [-0.2, 0) is 10.3 Å². The molecule has 5 nitrogen and oxygen atoms in total. The number of halogens is 2. The second kappa shape index (κ2) is 6.35. The van der Waals surface area contributed by atoms with Gasteiger partial charge in [0.2, 0.25) is 0 Å². The third-order valence-electron chi connectivity index (χ3n) is 4.94. The number of benzene rings is 2. The van der Waals surface area contributed by atoms with E-state index in [0.717, 1.165) is 31.4 Å². The highest BCUT2D eigenvalue weighted by Gasteiger charge is 2.56. The fourth-order valence-electron chi connectivity index (χ4n) is 3.81. The molecular formula is C18H17BrIN3O2. The van der Waals surface area contributed by atoms with Crippen molar-refractivity contribution in [3.63, 3.8) is 0 Å². The van der Waals surface area contributed by atoms with Crippen LogP contribution in [0, 0.1) is 3.57 Å². The van der Waals surface area contributed by atoms with E-state index in [4.69, 9.17) is 4.74 Å². The molecule has 2 aliphatic rings. The summed E-state index contributed by atoms with van der Waals surface area (Å²) in [6.07, 6.45) is 0.284. The summed E-state index contributed by atoms with van der Waals surface area (Å²) in [5.41, 5.74) is 2.86. The zero-order valence-corrected chi connectivity index (χ0v) is 17.3. The molecule has 1 saturated heterocycles. The van der Waals surface area contributed by atoms with Crippen molar-refractivity contribution in [3.8, 4) is 0 Å². The van der Waals surface area contributed by atoms with E-state index in [2.05, 4.69) is 67.4 Å². The van der Waals surface area contributed by atoms with Crippen molar-refractivity contribution >= 4 is 56.0 Å². The summed E-state index contributed by atoms with van der Waals surface area (Å²) in [6, 6.07) is 14.4. The Hall–Kier alpha value is -1.48. The van der Waals surface area contributed by atoms with Crippen molar-refractivity contribution < 1.29 is 9.53 Å². The van der Waals surface area contributed by atoms with Gasteiger partial charge < -0.3 is 15.4 Å². The minimum atomic E-state index is -0.394. The molecule has 2 atom stereocenters. The third-order valence-corrected chi connectivity index (χ3v) is 6.54. The molecule has 0 aliphatic carbocycles. The smallest absolute Gasteiger partial charge is 0.411 e. The van der Waals surface area contributed by atoms with E-state index in [-0.39, 0.29) is 12.3 Å². The first-order valence-electron chi connectivity index (χ1n) is 7.99. The van der Waals surface area contributed by atoms with Gasteiger partial charge in [0.05, 0.1) is 12.8 Å². The monoisotopic (exact) mass is 513 g/mol. The Morgan fingerprint density at radius 3 is 2.92 bits per heavy atom. The first-order chi connectivity index (χ1) is 12.1. The molecule has 4 rings (SSSR count). The topological polar surface area (TPSA) is 53.6 Å². The quantitative estimate of drug-likeness (QED) is 0.577. The number of nitrogens with one attached hydrogen (secondary N) is 2. The fraction of sp³-hybridized carbons (Fsp3) is 0.278. The maximum Gasteiger partial charge on any atom is 0.411 e. The Morgan fingerprint density at radius 2 is 2.16 bits per heavy atom. The normalized spacial score (nSPS) is 23.6. The molecule has 0 bridgehead atoms. The second-order valence-corrected chi connectivity index (χ2v) is 8.22. The number of hydrogen-bond donors (Lipinski definition) is 2. The standard InChI is InChI=1S/C18H17BrIN3O2/c1-25-17(24)23-10-9-18(22-14-8-3-2-7-13(14)20)11-5-4-6-12(19)15(11)21-16(18)23/h2-8,16,21-22H,9-10H2,1H3/t16-,18+/m0/s1. The molecule has 0 spiro atoms. The number of anilines is 2. The van der Waals surface area contributed by atoms with Crippen molar-refractivity contribution in [1.82, 2.24) is 4.90 Å². The molecule has 2 aliphatic heterocycles. The van der Waals surface area contributed by atoms with Crippen molar-refractivity contribution in [2.24, 2.45) is 0 Å². The Balaban J connectivity index is 1.82. The Kier molecular flexibility index (Phi) is 4.31. The van der Waals surface area contributed by atoms with Gasteiger partial charge in [-0.25, -0.2) is 4.79 Å². The maximum atomic E-state index is 12.3. The maximum absolute atomic E-state index is 12.3. The molecule has 1 amide bonds. The molecule has 1 fully saturated rings. The number of nitrogens with zero attached hydrogens (tertiary/aromatic N) is 1. The first kappa shape index (κ1) is 17.0. The minimum absolute atomic E-state index is 0.204. The van der Waals surface area contributed by atoms with Crippen LogP contribution >= 0.6 is 38.5 Å². The average molecular weight is 514 g/mol. The summed E-state index contributed by atoms with van der Waals surface area (Å²) in [7, 11) is 1.42. The van der Waals surface area contributed by atoms with Crippen LogP contribution in [0.1, 0.15) is 12.0 Å². The Bertz CT molecular complexity index is 847. The van der Waals surface area contributed by atoms with Crippen LogP contribution in [-0.4, -0.2) is 30.8 Å². The van der Waals surface area contributed by atoms with Crippen LogP contribution in [0.4, 0.5) is 16.2 Å². The molecule has 2 heterocycles. The summed E-state index contributed by atoms with van der Waals surface area (Å²) in [6.45, 7) is 0.632. The number of para-hydroxylation sites is 2. The van der Waals surface area contributed by atoms with Gasteiger partial charge >= 0.3 is 6.09 Å². The summed E-state index contributed by atoms with van der Waals surface area (Å²) >= 11 is 5.96. The van der Waals surface area contributed by atoms with Gasteiger partial charge in [0.25, 0.3) is 0 Å². The van der Waals surface area contributed by atoms with Crippen molar-refractivity contribution in [2.45, 2.75) is 18.1 Å². The average Bonchev–Trinajstić information content (AvgIpc) is 3.12. The zero-order valence-electron chi connectivity index (χ0n) is 13.6. The highest BCUT2D eigenvalue weighted by Crippen LogP contribution is 2.51. The highest BCUT2D eigenvalue weighted by atomic mass is 127. The molecule has 0 aromatic heterocycles. The van der Waals surface area contributed by atoms with Crippen LogP contribution in [0.5, 0.6) is 0 Å². The zero-order chi connectivity index (χ0) is 17.6. The number of amides is 1. The molecule has 130 valence electrons. The second-order valence-electron chi connectivity index (χ2n) is 6.20. The van der Waals surface area contributed by atoms with E-state index >= 15 is 0 Å². The van der Waals surface area contributed by atoms with Gasteiger partial charge in [-0.3, -0.25) is 4.90 Å². The number of rotatable bonds is 2. The summed E-state index contributed by atoms with van der Waals surface area (Å²) in [4.78, 5) is 14.0. The molecule has 2 aromatic rings. The van der Waals surface area contributed by atoms with Crippen LogP contribution in [0.15, 0.2) is 46.9 Å². The largest absolute Gasteiger partial charge is 0.453 e. The van der Waals surface area contributed by atoms with Gasteiger partial charge in [0.1, 0.15) is 11.7 Å². The van der Waals surface area contributed by atoms with Crippen molar-refractivity contribution in [2.75, 3.05) is 24.3 Å². The van der Waals surface area contributed by atoms with Crippen LogP contribution in [0.25, 0.3) is 0 Å². The van der Waals surface area contributed by atoms with Crippen molar-refractivity contribution in [3.05, 3.63) is 56.1 Å². The van der Waals surface area contributed by atoms with E-state index in [0.29, 0.717) is 6.54 Å². The van der Waals surface area contributed by atoms with Gasteiger partial charge in [0, 0.05) is 25.8 Å². The van der Waals surface area contributed by atoms with E-state index in [1.54, 1.807) is 4.90 Å². The van der Waals surface area contributed by atoms with Gasteiger partial charge in [-0.1, -0.05) is 24.3 Å². The van der Waals surface area contributed by atoms with Gasteiger partial charge in [0.15, 0.2) is 0 Å². The predicted octanol–water partition coefficient (Wildman–Crippen LogP) is 4.58. The first-order valence-corrected chi connectivity index (χ1v) is 9.87. The fourth-order valence-corrected chi connectivity index (χ4v) is 4.81. The van der Waals surface area contributed by atoms with E-state index in [1.165, 1.54) is 7.11 Å². The van der Waals surface area contributed by atoms with E-state index < -0.39 is 5.54 Å². The SMILES string of the molecule is COC(=O)N1CC[C@@]2(Nc3ccccc3I)c3cccc(Br)c3N[C@@H]12. The van der Waals surface area contributed by atoms with Crippen molar-refractivity contribution in [1.29, 1.82) is 0 Å². The number of carbonyl (C=O) groups excluding carboxylic acids is 1. The number of likely N-dealkylation sites (tertiary alicyclic amines) is 1. The van der Waals surface area contributed by atoms with Crippen LogP contribution < -0.4 is 10.6 Å². The lowest BCUT2D eigenvalue weighted by Crippen LogP contribution is -2.49. The summed E-state index contributed by atoms with van der Waals surface area (Å²) in [5.74, 6) is 0. The lowest BCUT2D eigenvalue weighted by Gasteiger charge is -2.34. The summed E-state index contributed by atoms with van der Waals surface area (Å²) in [5, 5.41) is 7.26. The lowest BCUT2D eigenvalue weighted by molar-refractivity contribution is 0.119. The van der Waals surface area contributed by atoms with Gasteiger partial charge in [-0.05, 0) is 63.1 Å². The number of ether oxygens (including phenoxy) is 1. The van der Waals surface area contributed by atoms with E-state index in [9.17, 15) is 4.79 Å².